The Hall–Kier alpha value is 0.467. The molecular weight excluding hydrogens is 164 g/mol. The third-order valence-electron chi connectivity index (χ3n) is 1.06. The zero-order valence-electron chi connectivity index (χ0n) is 7.11. The minimum Gasteiger partial charge on any atom is -0.418 e. The molecule has 62 valence electrons. The Bertz CT molecular complexity index is 80.2. The Morgan fingerprint density at radius 3 is 2.20 bits per heavy atom. The molecule has 0 aliphatic carbocycles. The number of hydrogen-bond donors (Lipinski definition) is 0. The molecule has 10 heavy (non-hydrogen) atoms. The largest absolute Gasteiger partial charge is 0.418 e. The summed E-state index contributed by atoms with van der Waals surface area (Å²) in [7, 11) is -1.25. The third-order valence-corrected chi connectivity index (χ3v) is 2.40. The van der Waals surface area contributed by atoms with Gasteiger partial charge in [-0.1, -0.05) is 0 Å². The summed E-state index contributed by atoms with van der Waals surface area (Å²) >= 11 is 5.51. The zero-order valence-corrected chi connectivity index (χ0v) is 8.87. The molecule has 0 saturated carbocycles. The summed E-state index contributed by atoms with van der Waals surface area (Å²) in [4.78, 5) is 0. The van der Waals surface area contributed by atoms with E-state index in [0.717, 1.165) is 25.3 Å². The van der Waals surface area contributed by atoms with Gasteiger partial charge in [0.05, 0.1) is 0 Å². The van der Waals surface area contributed by atoms with E-state index in [1.165, 1.54) is 0 Å². The standard InChI is InChI=1S/C7H17ClOSi/c1-10(2,3)9-7-5-4-6-8/h4-7H2,1-3H3. The molecule has 0 aromatic carbocycles. The summed E-state index contributed by atoms with van der Waals surface area (Å²) in [6.45, 7) is 7.50. The summed E-state index contributed by atoms with van der Waals surface area (Å²) in [5.41, 5.74) is 0. The molecule has 0 heterocycles. The molecule has 0 rings (SSSR count). The predicted octanol–water partition coefficient (Wildman–Crippen LogP) is 2.86. The molecule has 0 atom stereocenters. The van der Waals surface area contributed by atoms with Crippen LogP contribution in [-0.2, 0) is 4.43 Å². The summed E-state index contributed by atoms with van der Waals surface area (Å²) < 4.78 is 5.61. The van der Waals surface area contributed by atoms with Gasteiger partial charge in [0.2, 0.25) is 0 Å². The molecule has 0 spiro atoms. The van der Waals surface area contributed by atoms with Crippen molar-refractivity contribution in [3.8, 4) is 0 Å². The number of rotatable bonds is 5. The van der Waals surface area contributed by atoms with Crippen LogP contribution in [0.2, 0.25) is 19.6 Å². The number of halogens is 1. The SMILES string of the molecule is C[Si](C)(C)OCCCCCl. The van der Waals surface area contributed by atoms with E-state index in [1.54, 1.807) is 0 Å². The predicted molar refractivity (Wildman–Crippen MR) is 49.3 cm³/mol. The molecule has 0 radical (unpaired) electrons. The first-order valence-electron chi connectivity index (χ1n) is 3.76. The number of hydrogen-bond acceptors (Lipinski definition) is 1. The molecule has 0 aliphatic rings. The maximum Gasteiger partial charge on any atom is 0.183 e. The maximum absolute atomic E-state index is 5.61. The van der Waals surface area contributed by atoms with Crippen LogP contribution < -0.4 is 0 Å². The maximum atomic E-state index is 5.61. The van der Waals surface area contributed by atoms with Crippen LogP contribution in [0.3, 0.4) is 0 Å². The van der Waals surface area contributed by atoms with Gasteiger partial charge in [-0.3, -0.25) is 0 Å². The first-order valence-corrected chi connectivity index (χ1v) is 7.70. The fourth-order valence-corrected chi connectivity index (χ4v) is 1.52. The molecule has 0 N–H and O–H groups in total. The zero-order chi connectivity index (χ0) is 8.04. The van der Waals surface area contributed by atoms with Gasteiger partial charge in [-0.15, -0.1) is 11.6 Å². The van der Waals surface area contributed by atoms with E-state index in [2.05, 4.69) is 19.6 Å². The Labute approximate surface area is 69.9 Å². The lowest BCUT2D eigenvalue weighted by atomic mass is 10.4. The summed E-state index contributed by atoms with van der Waals surface area (Å²) in [5, 5.41) is 0. The molecule has 3 heteroatoms. The van der Waals surface area contributed by atoms with Crippen molar-refractivity contribution in [2.45, 2.75) is 32.5 Å². The van der Waals surface area contributed by atoms with Crippen molar-refractivity contribution < 1.29 is 4.43 Å². The lowest BCUT2D eigenvalue weighted by molar-refractivity contribution is 0.303. The van der Waals surface area contributed by atoms with E-state index in [0.29, 0.717) is 0 Å². The topological polar surface area (TPSA) is 9.23 Å². The molecule has 0 fully saturated rings. The minimum atomic E-state index is -1.25. The number of alkyl halides is 1. The first kappa shape index (κ1) is 10.5. The van der Waals surface area contributed by atoms with Gasteiger partial charge in [0, 0.05) is 12.5 Å². The average molecular weight is 181 g/mol. The van der Waals surface area contributed by atoms with E-state index in [1.807, 2.05) is 0 Å². The molecule has 1 nitrogen and oxygen atoms in total. The van der Waals surface area contributed by atoms with Crippen LogP contribution >= 0.6 is 11.6 Å². The fourth-order valence-electron chi connectivity index (χ4n) is 0.575. The quantitative estimate of drug-likeness (QED) is 0.359. The van der Waals surface area contributed by atoms with Gasteiger partial charge in [-0.25, -0.2) is 0 Å². The van der Waals surface area contributed by atoms with Crippen molar-refractivity contribution in [1.82, 2.24) is 0 Å². The van der Waals surface area contributed by atoms with Crippen LogP contribution in [0, 0.1) is 0 Å². The second-order valence-electron chi connectivity index (χ2n) is 3.36. The van der Waals surface area contributed by atoms with Gasteiger partial charge in [-0.05, 0) is 32.5 Å². The summed E-state index contributed by atoms with van der Waals surface area (Å²) in [6.07, 6.45) is 2.18. The molecule has 0 unspecified atom stereocenters. The number of unbranched alkanes of at least 4 members (excludes halogenated alkanes) is 1. The second kappa shape index (κ2) is 5.16. The normalized spacial score (nSPS) is 12.0. The van der Waals surface area contributed by atoms with Crippen molar-refractivity contribution >= 4 is 19.9 Å². The average Bonchev–Trinajstić information content (AvgIpc) is 1.78. The van der Waals surface area contributed by atoms with Gasteiger partial charge in [-0.2, -0.15) is 0 Å². The lowest BCUT2D eigenvalue weighted by Gasteiger charge is -2.16. The van der Waals surface area contributed by atoms with Crippen LogP contribution in [0.5, 0.6) is 0 Å². The van der Waals surface area contributed by atoms with Gasteiger partial charge < -0.3 is 4.43 Å². The van der Waals surface area contributed by atoms with Crippen molar-refractivity contribution in [3.63, 3.8) is 0 Å². The Balaban J connectivity index is 3.04. The highest BCUT2D eigenvalue weighted by atomic mass is 35.5. The van der Waals surface area contributed by atoms with Gasteiger partial charge in [0.1, 0.15) is 0 Å². The minimum absolute atomic E-state index is 0.759. The van der Waals surface area contributed by atoms with Crippen LogP contribution in [-0.4, -0.2) is 20.8 Å². The molecule has 0 aromatic heterocycles. The monoisotopic (exact) mass is 180 g/mol. The molecule has 0 bridgehead atoms. The van der Waals surface area contributed by atoms with Crippen molar-refractivity contribution in [1.29, 1.82) is 0 Å². The van der Waals surface area contributed by atoms with Gasteiger partial charge in [0.25, 0.3) is 0 Å². The van der Waals surface area contributed by atoms with Gasteiger partial charge >= 0.3 is 0 Å². The van der Waals surface area contributed by atoms with Crippen LogP contribution in [0.15, 0.2) is 0 Å². The summed E-state index contributed by atoms with van der Waals surface area (Å²) in [6, 6.07) is 0. The highest BCUT2D eigenvalue weighted by molar-refractivity contribution is 6.69. The van der Waals surface area contributed by atoms with E-state index >= 15 is 0 Å². The van der Waals surface area contributed by atoms with E-state index in [-0.39, 0.29) is 0 Å². The highest BCUT2D eigenvalue weighted by Crippen LogP contribution is 2.03. The van der Waals surface area contributed by atoms with Crippen molar-refractivity contribution in [2.75, 3.05) is 12.5 Å². The Morgan fingerprint density at radius 2 is 1.80 bits per heavy atom. The highest BCUT2D eigenvalue weighted by Gasteiger charge is 2.12. The van der Waals surface area contributed by atoms with Crippen LogP contribution in [0.25, 0.3) is 0 Å². The molecular formula is C7H17ClOSi. The second-order valence-corrected chi connectivity index (χ2v) is 8.25. The molecule has 0 aliphatic heterocycles. The Morgan fingerprint density at radius 1 is 1.20 bits per heavy atom. The Kier molecular flexibility index (Phi) is 5.40. The molecule has 0 amide bonds. The fraction of sp³-hybridized carbons (Fsp3) is 1.00. The third kappa shape index (κ3) is 8.47. The lowest BCUT2D eigenvalue weighted by Crippen LogP contribution is -2.25. The van der Waals surface area contributed by atoms with E-state index in [4.69, 9.17) is 16.0 Å². The summed E-state index contributed by atoms with van der Waals surface area (Å²) in [5.74, 6) is 0.759. The first-order chi connectivity index (χ1) is 4.56. The van der Waals surface area contributed by atoms with Crippen molar-refractivity contribution in [3.05, 3.63) is 0 Å². The van der Waals surface area contributed by atoms with Crippen LogP contribution in [0.4, 0.5) is 0 Å². The van der Waals surface area contributed by atoms with E-state index in [9.17, 15) is 0 Å². The van der Waals surface area contributed by atoms with E-state index < -0.39 is 8.32 Å². The smallest absolute Gasteiger partial charge is 0.183 e. The van der Waals surface area contributed by atoms with Gasteiger partial charge in [0.15, 0.2) is 8.32 Å². The van der Waals surface area contributed by atoms with Crippen LogP contribution in [0.1, 0.15) is 12.8 Å². The van der Waals surface area contributed by atoms with Crippen molar-refractivity contribution in [2.24, 2.45) is 0 Å². The molecule has 0 aromatic rings. The molecule has 0 saturated heterocycles.